The standard InChI is InChI=1S/C31H31Br2FN4O7/c1-4-43-25-13-20(28-27(30(40)42-3)17(2)36-31(41)37-28)7-10-24(25)44-16-26(39)38-35-14-19-11-22(32)29(23(33)12-19)45-15-18-5-8-21(34)9-6-18/h5-14,26,28,38-39H,4,15-16H2,1-3H3,(H2,36,37,41)/b35-14-/t26-,28-/m0/s1. The van der Waals surface area contributed by atoms with Crippen LogP contribution in [0.1, 0.15) is 36.6 Å². The van der Waals surface area contributed by atoms with Gasteiger partial charge in [0, 0.05) is 5.70 Å². The fourth-order valence-electron chi connectivity index (χ4n) is 4.35. The average Bonchev–Trinajstić information content (AvgIpc) is 3.00. The summed E-state index contributed by atoms with van der Waals surface area (Å²) in [5.74, 6) is 0.383. The van der Waals surface area contributed by atoms with Crippen LogP contribution in [0.15, 0.2) is 79.9 Å². The van der Waals surface area contributed by atoms with Crippen molar-refractivity contribution < 1.29 is 38.0 Å². The van der Waals surface area contributed by atoms with Gasteiger partial charge in [0.05, 0.1) is 40.5 Å². The van der Waals surface area contributed by atoms with E-state index in [2.05, 4.69) is 53.0 Å². The van der Waals surface area contributed by atoms with Crippen molar-refractivity contribution in [3.05, 3.63) is 97.3 Å². The van der Waals surface area contributed by atoms with E-state index in [0.29, 0.717) is 49.6 Å². The molecule has 2 atom stereocenters. The van der Waals surface area contributed by atoms with Crippen molar-refractivity contribution in [3.63, 3.8) is 0 Å². The molecular formula is C31H31Br2FN4O7. The number of carbonyl (C=O) groups is 2. The number of methoxy groups -OCH3 is 1. The van der Waals surface area contributed by atoms with Gasteiger partial charge in [-0.15, -0.1) is 0 Å². The van der Waals surface area contributed by atoms with Crippen LogP contribution in [-0.2, 0) is 16.1 Å². The maximum atomic E-state index is 13.1. The van der Waals surface area contributed by atoms with Gasteiger partial charge in [-0.05, 0) is 98.8 Å². The molecule has 45 heavy (non-hydrogen) atoms. The molecule has 11 nitrogen and oxygen atoms in total. The van der Waals surface area contributed by atoms with Gasteiger partial charge >= 0.3 is 12.0 Å². The number of carbonyl (C=O) groups excluding carboxylic acids is 2. The van der Waals surface area contributed by atoms with Crippen LogP contribution < -0.4 is 30.3 Å². The number of amides is 2. The molecule has 3 aromatic rings. The van der Waals surface area contributed by atoms with Crippen LogP contribution in [0.4, 0.5) is 9.18 Å². The third-order valence-corrected chi connectivity index (χ3v) is 7.60. The number of hydrogen-bond donors (Lipinski definition) is 4. The summed E-state index contributed by atoms with van der Waals surface area (Å²) < 4.78 is 36.8. The van der Waals surface area contributed by atoms with Crippen molar-refractivity contribution in [2.45, 2.75) is 32.7 Å². The summed E-state index contributed by atoms with van der Waals surface area (Å²) in [6.07, 6.45) is 0.353. The normalized spacial score (nSPS) is 15.3. The number of hydrogen-bond acceptors (Lipinski definition) is 9. The van der Waals surface area contributed by atoms with Crippen molar-refractivity contribution in [2.75, 3.05) is 20.3 Å². The Morgan fingerprint density at radius 3 is 2.47 bits per heavy atom. The van der Waals surface area contributed by atoms with E-state index in [0.717, 1.165) is 5.56 Å². The molecule has 1 heterocycles. The maximum Gasteiger partial charge on any atom is 0.337 e. The highest BCUT2D eigenvalue weighted by Crippen LogP contribution is 2.36. The SMILES string of the molecule is CCOc1cc([C@@H]2NC(=O)NC(C)=C2C(=O)OC)ccc1OC[C@H](O)N/N=C\c1cc(Br)c(OCc2ccc(F)cc2)c(Br)c1. The first-order chi connectivity index (χ1) is 21.6. The number of benzene rings is 3. The lowest BCUT2D eigenvalue weighted by Gasteiger charge is -2.28. The Bertz CT molecular complexity index is 1580. The number of nitrogens with zero attached hydrogens (tertiary/aromatic N) is 1. The van der Waals surface area contributed by atoms with Crippen LogP contribution in [0.5, 0.6) is 17.2 Å². The minimum atomic E-state index is -1.17. The number of aliphatic hydroxyl groups excluding tert-OH is 1. The summed E-state index contributed by atoms with van der Waals surface area (Å²) in [6.45, 7) is 3.83. The van der Waals surface area contributed by atoms with E-state index in [-0.39, 0.29) is 24.6 Å². The first-order valence-corrected chi connectivity index (χ1v) is 15.3. The van der Waals surface area contributed by atoms with Gasteiger partial charge in [-0.3, -0.25) is 5.43 Å². The molecule has 0 saturated heterocycles. The quantitative estimate of drug-likeness (QED) is 0.0784. The van der Waals surface area contributed by atoms with Gasteiger partial charge in [0.1, 0.15) is 24.8 Å². The summed E-state index contributed by atoms with van der Waals surface area (Å²) in [5, 5.41) is 19.8. The molecule has 0 saturated carbocycles. The van der Waals surface area contributed by atoms with E-state index in [1.807, 2.05) is 0 Å². The zero-order valence-electron chi connectivity index (χ0n) is 24.5. The molecule has 0 aromatic heterocycles. The van der Waals surface area contributed by atoms with Crippen molar-refractivity contribution >= 4 is 50.1 Å². The Morgan fingerprint density at radius 2 is 1.80 bits per heavy atom. The lowest BCUT2D eigenvalue weighted by Crippen LogP contribution is -2.45. The zero-order chi connectivity index (χ0) is 32.5. The summed E-state index contributed by atoms with van der Waals surface area (Å²) >= 11 is 6.99. The molecule has 4 rings (SSSR count). The molecular weight excluding hydrogens is 719 g/mol. The van der Waals surface area contributed by atoms with Crippen LogP contribution in [-0.4, -0.2) is 49.9 Å². The molecule has 0 aliphatic carbocycles. The van der Waals surface area contributed by atoms with Gasteiger partial charge in [-0.2, -0.15) is 5.10 Å². The number of ether oxygens (including phenoxy) is 4. The highest BCUT2D eigenvalue weighted by molar-refractivity contribution is 9.11. The molecule has 0 bridgehead atoms. The summed E-state index contributed by atoms with van der Waals surface area (Å²) in [4.78, 5) is 24.6. The monoisotopic (exact) mass is 748 g/mol. The highest BCUT2D eigenvalue weighted by Gasteiger charge is 2.32. The molecule has 1 aliphatic heterocycles. The molecule has 238 valence electrons. The highest BCUT2D eigenvalue weighted by atomic mass is 79.9. The van der Waals surface area contributed by atoms with Gasteiger partial charge in [0.25, 0.3) is 0 Å². The predicted molar refractivity (Wildman–Crippen MR) is 172 cm³/mol. The van der Waals surface area contributed by atoms with Gasteiger partial charge in [0.15, 0.2) is 17.7 Å². The fraction of sp³-hybridized carbons (Fsp3) is 0.258. The fourth-order valence-corrected chi connectivity index (χ4v) is 5.80. The zero-order valence-corrected chi connectivity index (χ0v) is 27.7. The molecule has 14 heteroatoms. The van der Waals surface area contributed by atoms with Gasteiger partial charge < -0.3 is 34.7 Å². The van der Waals surface area contributed by atoms with Crippen LogP contribution >= 0.6 is 31.9 Å². The van der Waals surface area contributed by atoms with Crippen molar-refractivity contribution in [3.8, 4) is 17.2 Å². The van der Waals surface area contributed by atoms with Crippen LogP contribution in [0, 0.1) is 5.82 Å². The van der Waals surface area contributed by atoms with Crippen LogP contribution in [0.3, 0.4) is 0 Å². The topological polar surface area (TPSA) is 140 Å². The van der Waals surface area contributed by atoms with Crippen molar-refractivity contribution in [1.82, 2.24) is 16.1 Å². The van der Waals surface area contributed by atoms with Crippen molar-refractivity contribution in [2.24, 2.45) is 5.10 Å². The molecule has 0 fully saturated rings. The van der Waals surface area contributed by atoms with E-state index >= 15 is 0 Å². The minimum Gasteiger partial charge on any atom is -0.490 e. The van der Waals surface area contributed by atoms with Gasteiger partial charge in [0.2, 0.25) is 0 Å². The van der Waals surface area contributed by atoms with E-state index < -0.39 is 24.3 Å². The molecule has 3 aromatic carbocycles. The number of nitrogens with one attached hydrogen (secondary N) is 3. The van der Waals surface area contributed by atoms with Gasteiger partial charge in [-0.1, -0.05) is 18.2 Å². The number of allylic oxidation sites excluding steroid dienone is 1. The lowest BCUT2D eigenvalue weighted by atomic mass is 9.95. The Hall–Kier alpha value is -4.14. The second kappa shape index (κ2) is 15.7. The van der Waals surface area contributed by atoms with E-state index in [1.54, 1.807) is 56.3 Å². The minimum absolute atomic E-state index is 0.170. The third kappa shape index (κ3) is 8.96. The lowest BCUT2D eigenvalue weighted by molar-refractivity contribution is -0.136. The van der Waals surface area contributed by atoms with E-state index in [9.17, 15) is 19.1 Å². The molecule has 4 N–H and O–H groups in total. The number of halogens is 3. The summed E-state index contributed by atoms with van der Waals surface area (Å²) in [7, 11) is 1.27. The largest absolute Gasteiger partial charge is 0.490 e. The first-order valence-electron chi connectivity index (χ1n) is 13.7. The number of urea groups is 1. The Balaban J connectivity index is 1.37. The molecule has 0 unspecified atom stereocenters. The summed E-state index contributed by atoms with van der Waals surface area (Å²) in [5.41, 5.74) is 5.36. The smallest absolute Gasteiger partial charge is 0.337 e. The first kappa shape index (κ1) is 33.7. The van der Waals surface area contributed by atoms with E-state index in [4.69, 9.17) is 18.9 Å². The molecule has 0 spiro atoms. The van der Waals surface area contributed by atoms with Crippen molar-refractivity contribution in [1.29, 1.82) is 0 Å². The summed E-state index contributed by atoms with van der Waals surface area (Å²) in [6, 6.07) is 13.4. The van der Waals surface area contributed by atoms with Gasteiger partial charge in [-0.25, -0.2) is 14.0 Å². The number of rotatable bonds is 13. The number of hydrazone groups is 1. The number of aliphatic hydroxyl groups is 1. The Labute approximate surface area is 276 Å². The molecule has 0 radical (unpaired) electrons. The number of esters is 1. The maximum absolute atomic E-state index is 13.1. The second-order valence-corrected chi connectivity index (χ2v) is 11.4. The van der Waals surface area contributed by atoms with Crippen LogP contribution in [0.25, 0.3) is 0 Å². The van der Waals surface area contributed by atoms with E-state index in [1.165, 1.54) is 25.5 Å². The molecule has 2 amide bonds. The molecule has 1 aliphatic rings. The Kier molecular flexibility index (Phi) is 11.8. The average molecular weight is 750 g/mol. The second-order valence-electron chi connectivity index (χ2n) is 9.64. The third-order valence-electron chi connectivity index (χ3n) is 6.43. The Morgan fingerprint density at radius 1 is 1.09 bits per heavy atom. The predicted octanol–water partition coefficient (Wildman–Crippen LogP) is 5.45. The van der Waals surface area contributed by atoms with Crippen LogP contribution in [0.2, 0.25) is 0 Å².